The third kappa shape index (κ3) is 3.91. The van der Waals surface area contributed by atoms with E-state index in [0.29, 0.717) is 19.0 Å². The molecule has 0 spiro atoms. The lowest BCUT2D eigenvalue weighted by atomic mass is 9.97. The summed E-state index contributed by atoms with van der Waals surface area (Å²) in [4.78, 5) is 0. The van der Waals surface area contributed by atoms with E-state index in [2.05, 4.69) is 12.2 Å². The molecule has 0 bridgehead atoms. The lowest BCUT2D eigenvalue weighted by molar-refractivity contribution is 0.205. The molecule has 0 aliphatic carbocycles. The molecule has 1 saturated heterocycles. The molecule has 0 aromatic carbocycles. The van der Waals surface area contributed by atoms with Gasteiger partial charge in [-0.1, -0.05) is 6.92 Å². The van der Waals surface area contributed by atoms with E-state index < -0.39 is 10.2 Å². The molecule has 0 amide bonds. The van der Waals surface area contributed by atoms with Crippen LogP contribution >= 0.6 is 0 Å². The summed E-state index contributed by atoms with van der Waals surface area (Å²) in [7, 11) is 0.270. The minimum Gasteiger partial charge on any atom is -0.320 e. The van der Waals surface area contributed by atoms with Gasteiger partial charge in [0.25, 0.3) is 10.2 Å². The predicted octanol–water partition coefficient (Wildman–Crippen LogP) is 0.893. The minimum absolute atomic E-state index is 0.123. The highest BCUT2D eigenvalue weighted by molar-refractivity contribution is 7.86. The Morgan fingerprint density at radius 1 is 1.33 bits per heavy atom. The molecule has 1 rings (SSSR count). The van der Waals surface area contributed by atoms with Gasteiger partial charge in [0.2, 0.25) is 0 Å². The molecule has 1 fully saturated rings. The molecule has 0 saturated carbocycles. The average Bonchev–Trinajstić information content (AvgIpc) is 2.32. The molecule has 0 radical (unpaired) electrons. The van der Waals surface area contributed by atoms with Crippen molar-refractivity contribution in [3.63, 3.8) is 0 Å². The Hall–Kier alpha value is -0.170. The van der Waals surface area contributed by atoms with Crippen molar-refractivity contribution in [3.05, 3.63) is 0 Å². The third-order valence-electron chi connectivity index (χ3n) is 3.65. The van der Waals surface area contributed by atoms with Crippen LogP contribution < -0.4 is 5.32 Å². The van der Waals surface area contributed by atoms with Gasteiger partial charge in [-0.2, -0.15) is 17.0 Å². The number of hydrogen-bond acceptors (Lipinski definition) is 3. The van der Waals surface area contributed by atoms with E-state index in [-0.39, 0.29) is 6.04 Å². The Morgan fingerprint density at radius 3 is 2.61 bits per heavy atom. The largest absolute Gasteiger partial charge is 0.320 e. The fraction of sp³-hybridized carbons (Fsp3) is 1.00. The van der Waals surface area contributed by atoms with Crippen molar-refractivity contribution in [2.24, 2.45) is 5.92 Å². The van der Waals surface area contributed by atoms with Gasteiger partial charge >= 0.3 is 0 Å². The van der Waals surface area contributed by atoms with Gasteiger partial charge in [0.15, 0.2) is 0 Å². The lowest BCUT2D eigenvalue weighted by Gasteiger charge is -2.37. The number of piperidine rings is 1. The standard InChI is InChI=1S/C12H27N3O2S/c1-11-6-7-12(2)15(10-11)18(16,17)14(4)9-5-8-13-3/h11-13H,5-10H2,1-4H3. The van der Waals surface area contributed by atoms with Gasteiger partial charge in [-0.05, 0) is 45.7 Å². The molecule has 1 heterocycles. The smallest absolute Gasteiger partial charge is 0.281 e. The van der Waals surface area contributed by atoms with E-state index in [1.54, 1.807) is 11.4 Å². The lowest BCUT2D eigenvalue weighted by Crippen LogP contribution is -2.50. The molecule has 0 aromatic heterocycles. The SMILES string of the molecule is CNCCCN(C)S(=O)(=O)N1CC(C)CCC1C. The quantitative estimate of drug-likeness (QED) is 0.734. The molecule has 5 nitrogen and oxygen atoms in total. The molecule has 1 N–H and O–H groups in total. The summed E-state index contributed by atoms with van der Waals surface area (Å²) in [5.74, 6) is 0.460. The molecule has 1 aliphatic rings. The first-order valence-corrected chi connectivity index (χ1v) is 8.17. The first-order valence-electron chi connectivity index (χ1n) is 6.77. The monoisotopic (exact) mass is 277 g/mol. The molecule has 0 aromatic rings. The summed E-state index contributed by atoms with van der Waals surface area (Å²) in [5, 5.41) is 3.03. The second-order valence-electron chi connectivity index (χ2n) is 5.39. The van der Waals surface area contributed by atoms with E-state index in [0.717, 1.165) is 25.8 Å². The second-order valence-corrected chi connectivity index (χ2v) is 7.38. The van der Waals surface area contributed by atoms with E-state index in [1.165, 1.54) is 4.31 Å². The predicted molar refractivity (Wildman–Crippen MR) is 74.7 cm³/mol. The molecule has 1 aliphatic heterocycles. The minimum atomic E-state index is -3.29. The third-order valence-corrected chi connectivity index (χ3v) is 5.72. The second kappa shape index (κ2) is 6.84. The van der Waals surface area contributed by atoms with E-state index in [1.807, 2.05) is 14.0 Å². The van der Waals surface area contributed by atoms with Crippen LogP contribution in [0.1, 0.15) is 33.1 Å². The van der Waals surface area contributed by atoms with Gasteiger partial charge in [0.1, 0.15) is 0 Å². The molecule has 18 heavy (non-hydrogen) atoms. The zero-order valence-electron chi connectivity index (χ0n) is 12.0. The van der Waals surface area contributed by atoms with Gasteiger partial charge in [0, 0.05) is 26.2 Å². The van der Waals surface area contributed by atoms with E-state index in [9.17, 15) is 8.42 Å². The first-order chi connectivity index (χ1) is 8.39. The maximum absolute atomic E-state index is 12.5. The van der Waals surface area contributed by atoms with Crippen LogP contribution in [0.2, 0.25) is 0 Å². The van der Waals surface area contributed by atoms with Crippen LogP contribution in [0.5, 0.6) is 0 Å². The highest BCUT2D eigenvalue weighted by Gasteiger charge is 2.34. The van der Waals surface area contributed by atoms with Crippen molar-refractivity contribution in [2.45, 2.75) is 39.2 Å². The maximum atomic E-state index is 12.5. The van der Waals surface area contributed by atoms with Crippen molar-refractivity contribution < 1.29 is 8.42 Å². The highest BCUT2D eigenvalue weighted by atomic mass is 32.2. The van der Waals surface area contributed by atoms with Crippen molar-refractivity contribution in [2.75, 3.05) is 33.7 Å². The van der Waals surface area contributed by atoms with Crippen LogP contribution in [-0.4, -0.2) is 56.8 Å². The maximum Gasteiger partial charge on any atom is 0.281 e. The van der Waals surface area contributed by atoms with Gasteiger partial charge in [-0.25, -0.2) is 0 Å². The Labute approximate surface area is 112 Å². The molecule has 6 heteroatoms. The summed E-state index contributed by atoms with van der Waals surface area (Å²) >= 11 is 0. The number of hydrogen-bond donors (Lipinski definition) is 1. The fourth-order valence-electron chi connectivity index (χ4n) is 2.34. The molecule has 2 atom stereocenters. The number of nitrogens with one attached hydrogen (secondary N) is 1. The Morgan fingerprint density at radius 2 is 2.00 bits per heavy atom. The summed E-state index contributed by atoms with van der Waals surface area (Å²) in [6, 6.07) is 0.123. The summed E-state index contributed by atoms with van der Waals surface area (Å²) in [6.07, 6.45) is 2.92. The topological polar surface area (TPSA) is 52.7 Å². The normalized spacial score (nSPS) is 26.7. The summed E-state index contributed by atoms with van der Waals surface area (Å²) in [6.45, 7) is 6.19. The number of rotatable bonds is 6. The Kier molecular flexibility index (Phi) is 6.04. The van der Waals surface area contributed by atoms with Crippen LogP contribution in [0.15, 0.2) is 0 Å². The van der Waals surface area contributed by atoms with Crippen LogP contribution in [0, 0.1) is 5.92 Å². The van der Waals surface area contributed by atoms with Gasteiger partial charge < -0.3 is 5.32 Å². The van der Waals surface area contributed by atoms with Crippen molar-refractivity contribution in [1.82, 2.24) is 13.9 Å². The van der Waals surface area contributed by atoms with Crippen molar-refractivity contribution in [3.8, 4) is 0 Å². The van der Waals surface area contributed by atoms with Gasteiger partial charge in [-0.3, -0.25) is 0 Å². The summed E-state index contributed by atoms with van der Waals surface area (Å²) in [5.41, 5.74) is 0. The molecule has 2 unspecified atom stereocenters. The first kappa shape index (κ1) is 15.9. The highest BCUT2D eigenvalue weighted by Crippen LogP contribution is 2.25. The zero-order chi connectivity index (χ0) is 13.8. The van der Waals surface area contributed by atoms with Crippen molar-refractivity contribution >= 4 is 10.2 Å². The average molecular weight is 277 g/mol. The Balaban J connectivity index is 2.65. The van der Waals surface area contributed by atoms with Crippen LogP contribution in [0.4, 0.5) is 0 Å². The van der Waals surface area contributed by atoms with Crippen LogP contribution in [-0.2, 0) is 10.2 Å². The Bertz CT molecular complexity index is 345. The van der Waals surface area contributed by atoms with Crippen LogP contribution in [0.3, 0.4) is 0 Å². The van der Waals surface area contributed by atoms with E-state index in [4.69, 9.17) is 0 Å². The summed E-state index contributed by atoms with van der Waals surface area (Å²) < 4.78 is 28.1. The van der Waals surface area contributed by atoms with Crippen molar-refractivity contribution in [1.29, 1.82) is 0 Å². The van der Waals surface area contributed by atoms with Gasteiger partial charge in [0.05, 0.1) is 0 Å². The van der Waals surface area contributed by atoms with Crippen LogP contribution in [0.25, 0.3) is 0 Å². The zero-order valence-corrected chi connectivity index (χ0v) is 12.8. The molecular formula is C12H27N3O2S. The fourth-order valence-corrected chi connectivity index (χ4v) is 4.06. The molecular weight excluding hydrogens is 250 g/mol. The number of nitrogens with zero attached hydrogens (tertiary/aromatic N) is 2. The van der Waals surface area contributed by atoms with E-state index >= 15 is 0 Å². The molecule has 108 valence electrons. The van der Waals surface area contributed by atoms with Gasteiger partial charge in [-0.15, -0.1) is 0 Å².